The normalized spacial score (nSPS) is 12.9. The molecule has 0 saturated heterocycles. The average molecular weight is 298 g/mol. The van der Waals surface area contributed by atoms with Gasteiger partial charge in [-0.25, -0.2) is 13.8 Å². The minimum absolute atomic E-state index is 0.139. The van der Waals surface area contributed by atoms with Crippen molar-refractivity contribution < 1.29 is 13.9 Å². The van der Waals surface area contributed by atoms with Gasteiger partial charge >= 0.3 is 0 Å². The van der Waals surface area contributed by atoms with Crippen molar-refractivity contribution in [1.82, 2.24) is 9.97 Å². The van der Waals surface area contributed by atoms with E-state index in [0.717, 1.165) is 11.8 Å². The van der Waals surface area contributed by atoms with E-state index in [4.69, 9.17) is 0 Å². The minimum Gasteiger partial charge on any atom is -0.385 e. The monoisotopic (exact) mass is 298 g/mol. The fourth-order valence-corrected chi connectivity index (χ4v) is 2.88. The van der Waals surface area contributed by atoms with E-state index >= 15 is 0 Å². The lowest BCUT2D eigenvalue weighted by atomic mass is 10.2. The number of halogens is 2. The highest BCUT2D eigenvalue weighted by molar-refractivity contribution is 7.99. The molecule has 0 aliphatic rings. The fraction of sp³-hybridized carbons (Fsp3) is 0.357. The summed E-state index contributed by atoms with van der Waals surface area (Å²) >= 11 is 1.20. The van der Waals surface area contributed by atoms with Crippen molar-refractivity contribution >= 4 is 11.8 Å². The molecule has 20 heavy (non-hydrogen) atoms. The van der Waals surface area contributed by atoms with Gasteiger partial charge in [-0.3, -0.25) is 0 Å². The van der Waals surface area contributed by atoms with Crippen LogP contribution in [-0.4, -0.2) is 15.1 Å². The van der Waals surface area contributed by atoms with Crippen molar-refractivity contribution in [3.8, 4) is 0 Å². The Kier molecular flexibility index (Phi) is 4.45. The highest BCUT2D eigenvalue weighted by Crippen LogP contribution is 2.33. The SMILES string of the molecule is CC(C)c1nc(C(C)O)[nH]c1Sc1cc(F)cc(F)c1. The maximum Gasteiger partial charge on any atom is 0.135 e. The summed E-state index contributed by atoms with van der Waals surface area (Å²) < 4.78 is 26.4. The highest BCUT2D eigenvalue weighted by atomic mass is 32.2. The van der Waals surface area contributed by atoms with Gasteiger partial charge in [-0.2, -0.15) is 0 Å². The van der Waals surface area contributed by atoms with Gasteiger partial charge in [0.1, 0.15) is 28.6 Å². The van der Waals surface area contributed by atoms with Crippen LogP contribution in [0.15, 0.2) is 28.1 Å². The molecule has 0 amide bonds. The standard InChI is InChI=1S/C14H16F2N2OS/c1-7(2)12-14(18-13(17-12)8(3)19)20-11-5-9(15)4-10(16)6-11/h4-8,19H,1-3H3,(H,17,18). The van der Waals surface area contributed by atoms with Crippen LogP contribution in [0, 0.1) is 11.6 Å². The molecule has 2 aromatic rings. The summed E-state index contributed by atoms with van der Waals surface area (Å²) in [6.07, 6.45) is -0.717. The zero-order valence-electron chi connectivity index (χ0n) is 11.4. The fourth-order valence-electron chi connectivity index (χ4n) is 1.76. The maximum atomic E-state index is 13.2. The van der Waals surface area contributed by atoms with E-state index in [-0.39, 0.29) is 5.92 Å². The first kappa shape index (κ1) is 15.0. The summed E-state index contributed by atoms with van der Waals surface area (Å²) in [7, 11) is 0. The molecule has 1 aromatic carbocycles. The van der Waals surface area contributed by atoms with Gasteiger partial charge in [0.15, 0.2) is 0 Å². The molecular weight excluding hydrogens is 282 g/mol. The average Bonchev–Trinajstić information content (AvgIpc) is 2.71. The molecule has 1 aromatic heterocycles. The minimum atomic E-state index is -0.717. The third-order valence-electron chi connectivity index (χ3n) is 2.71. The quantitative estimate of drug-likeness (QED) is 0.896. The van der Waals surface area contributed by atoms with Crippen LogP contribution >= 0.6 is 11.8 Å². The molecule has 0 radical (unpaired) electrons. The predicted octanol–water partition coefficient (Wildman–Crippen LogP) is 4.02. The number of nitrogens with zero attached hydrogens (tertiary/aromatic N) is 1. The Labute approximate surface area is 120 Å². The van der Waals surface area contributed by atoms with Gasteiger partial charge in [0, 0.05) is 11.0 Å². The maximum absolute atomic E-state index is 13.2. The molecule has 108 valence electrons. The lowest BCUT2D eigenvalue weighted by molar-refractivity contribution is 0.189. The molecule has 0 aliphatic heterocycles. The largest absolute Gasteiger partial charge is 0.385 e. The third kappa shape index (κ3) is 3.37. The van der Waals surface area contributed by atoms with Gasteiger partial charge in [-0.1, -0.05) is 25.6 Å². The van der Waals surface area contributed by atoms with Crippen LogP contribution in [0.4, 0.5) is 8.78 Å². The number of aromatic nitrogens is 2. The van der Waals surface area contributed by atoms with Crippen LogP contribution in [0.3, 0.4) is 0 Å². The lowest BCUT2D eigenvalue weighted by Gasteiger charge is -2.05. The number of aromatic amines is 1. The molecule has 0 aliphatic carbocycles. The summed E-state index contributed by atoms with van der Waals surface area (Å²) in [6, 6.07) is 3.36. The van der Waals surface area contributed by atoms with Crippen molar-refractivity contribution in [2.24, 2.45) is 0 Å². The van der Waals surface area contributed by atoms with Crippen LogP contribution in [0.5, 0.6) is 0 Å². The van der Waals surface area contributed by atoms with E-state index in [1.54, 1.807) is 6.92 Å². The van der Waals surface area contributed by atoms with Crippen LogP contribution in [0.25, 0.3) is 0 Å². The molecule has 0 bridgehead atoms. The number of hydrogen-bond donors (Lipinski definition) is 2. The number of H-pyrrole nitrogens is 1. The smallest absolute Gasteiger partial charge is 0.135 e. The Hall–Kier alpha value is -1.40. The van der Waals surface area contributed by atoms with Crippen LogP contribution < -0.4 is 0 Å². The Morgan fingerprint density at radius 2 is 1.75 bits per heavy atom. The number of rotatable bonds is 4. The summed E-state index contributed by atoms with van der Waals surface area (Å²) in [5.74, 6) is -0.643. The van der Waals surface area contributed by atoms with Gasteiger partial charge in [0.05, 0.1) is 5.69 Å². The Morgan fingerprint density at radius 3 is 2.25 bits per heavy atom. The number of aliphatic hydroxyl groups is 1. The molecule has 3 nitrogen and oxygen atoms in total. The number of hydrogen-bond acceptors (Lipinski definition) is 3. The van der Waals surface area contributed by atoms with Crippen LogP contribution in [0.2, 0.25) is 0 Å². The summed E-state index contributed by atoms with van der Waals surface area (Å²) in [4.78, 5) is 7.79. The van der Waals surface area contributed by atoms with Crippen molar-refractivity contribution in [2.45, 2.75) is 42.7 Å². The van der Waals surface area contributed by atoms with Crippen molar-refractivity contribution in [1.29, 1.82) is 0 Å². The van der Waals surface area contributed by atoms with Crippen molar-refractivity contribution in [3.05, 3.63) is 41.4 Å². The van der Waals surface area contributed by atoms with Crippen molar-refractivity contribution in [3.63, 3.8) is 0 Å². The molecule has 6 heteroatoms. The first-order chi connectivity index (χ1) is 9.36. The van der Waals surface area contributed by atoms with E-state index < -0.39 is 17.7 Å². The molecule has 2 N–H and O–H groups in total. The summed E-state index contributed by atoms with van der Waals surface area (Å²) in [5, 5.41) is 10.3. The molecule has 0 fully saturated rings. The van der Waals surface area contributed by atoms with E-state index in [1.807, 2.05) is 13.8 Å². The second kappa shape index (κ2) is 5.93. The predicted molar refractivity (Wildman–Crippen MR) is 73.8 cm³/mol. The number of imidazole rings is 1. The van der Waals surface area contributed by atoms with Gasteiger partial charge in [0.2, 0.25) is 0 Å². The molecule has 1 heterocycles. The first-order valence-electron chi connectivity index (χ1n) is 6.28. The second-order valence-corrected chi connectivity index (χ2v) is 5.96. The van der Waals surface area contributed by atoms with Crippen molar-refractivity contribution in [2.75, 3.05) is 0 Å². The Morgan fingerprint density at radius 1 is 1.15 bits per heavy atom. The van der Waals surface area contributed by atoms with Crippen LogP contribution in [-0.2, 0) is 0 Å². The third-order valence-corrected chi connectivity index (χ3v) is 3.70. The molecular formula is C14H16F2N2OS. The zero-order valence-corrected chi connectivity index (χ0v) is 12.3. The van der Waals surface area contributed by atoms with E-state index in [0.29, 0.717) is 15.7 Å². The van der Waals surface area contributed by atoms with Gasteiger partial charge in [-0.05, 0) is 25.0 Å². The van der Waals surface area contributed by atoms with Gasteiger partial charge < -0.3 is 10.1 Å². The molecule has 0 spiro atoms. The van der Waals surface area contributed by atoms with Gasteiger partial charge in [-0.15, -0.1) is 0 Å². The Bertz CT molecular complexity index is 591. The molecule has 0 saturated carbocycles. The Balaban J connectivity index is 2.36. The second-order valence-electron chi connectivity index (χ2n) is 4.87. The van der Waals surface area contributed by atoms with E-state index in [9.17, 15) is 13.9 Å². The van der Waals surface area contributed by atoms with Gasteiger partial charge in [0.25, 0.3) is 0 Å². The summed E-state index contributed by atoms with van der Waals surface area (Å²) in [5.41, 5.74) is 0.774. The number of nitrogens with one attached hydrogen (secondary N) is 1. The van der Waals surface area contributed by atoms with E-state index in [2.05, 4.69) is 9.97 Å². The number of benzene rings is 1. The number of aliphatic hydroxyl groups excluding tert-OH is 1. The molecule has 1 unspecified atom stereocenters. The first-order valence-corrected chi connectivity index (χ1v) is 7.10. The summed E-state index contributed by atoms with van der Waals surface area (Å²) in [6.45, 7) is 5.55. The highest BCUT2D eigenvalue weighted by Gasteiger charge is 2.17. The topological polar surface area (TPSA) is 48.9 Å². The lowest BCUT2D eigenvalue weighted by Crippen LogP contribution is -1.94. The van der Waals surface area contributed by atoms with Crippen LogP contribution in [0.1, 0.15) is 44.3 Å². The van der Waals surface area contributed by atoms with E-state index in [1.165, 1.54) is 23.9 Å². The molecule has 1 atom stereocenters. The molecule has 2 rings (SSSR count). The zero-order chi connectivity index (χ0) is 14.9.